The standard InChI is InChI=1S/C25H25F3N6O3/c1-5-37-20-8-16(11-31-22(20)35)21-30-12-19(14(2)32-21)34-23(36)33-17-7-6-15(10-24(3,4)13-29)18(9-17)25(26,27)28/h6-9,11-12H,5,10H2,1-4H3,(H,31,35)(H2,33,34,36). The van der Waals surface area contributed by atoms with Crippen molar-refractivity contribution < 1.29 is 22.7 Å². The number of anilines is 2. The number of carbonyl (C=O) groups excluding carboxylic acids is 1. The Kier molecular flexibility index (Phi) is 7.86. The van der Waals surface area contributed by atoms with E-state index in [1.165, 1.54) is 30.6 Å². The molecule has 1 aromatic carbocycles. The van der Waals surface area contributed by atoms with E-state index in [0.29, 0.717) is 17.9 Å². The first-order valence-electron chi connectivity index (χ1n) is 11.2. The minimum Gasteiger partial charge on any atom is -0.488 e. The molecule has 0 aliphatic carbocycles. The van der Waals surface area contributed by atoms with Gasteiger partial charge in [-0.05, 0) is 57.9 Å². The van der Waals surface area contributed by atoms with Crippen LogP contribution >= 0.6 is 0 Å². The van der Waals surface area contributed by atoms with Gasteiger partial charge >= 0.3 is 12.2 Å². The molecule has 0 fully saturated rings. The van der Waals surface area contributed by atoms with Gasteiger partial charge in [-0.3, -0.25) is 4.79 Å². The maximum atomic E-state index is 13.7. The molecule has 0 saturated heterocycles. The van der Waals surface area contributed by atoms with Crippen LogP contribution in [0.4, 0.5) is 29.3 Å². The molecule has 0 unspecified atom stereocenters. The van der Waals surface area contributed by atoms with Gasteiger partial charge < -0.3 is 20.4 Å². The summed E-state index contributed by atoms with van der Waals surface area (Å²) in [5.74, 6) is 0.384. The number of hydrogen-bond acceptors (Lipinski definition) is 6. The van der Waals surface area contributed by atoms with E-state index in [4.69, 9.17) is 4.74 Å². The maximum Gasteiger partial charge on any atom is 0.416 e. The van der Waals surface area contributed by atoms with E-state index in [9.17, 15) is 28.0 Å². The Morgan fingerprint density at radius 3 is 2.57 bits per heavy atom. The van der Waals surface area contributed by atoms with Crippen molar-refractivity contribution in [1.82, 2.24) is 15.0 Å². The minimum absolute atomic E-state index is 0.0420. The number of aromatic amines is 1. The van der Waals surface area contributed by atoms with E-state index in [2.05, 4.69) is 25.6 Å². The molecular formula is C25H25F3N6O3. The number of pyridine rings is 1. The van der Waals surface area contributed by atoms with E-state index >= 15 is 0 Å². The first kappa shape index (κ1) is 27.2. The van der Waals surface area contributed by atoms with Crippen LogP contribution in [0.3, 0.4) is 0 Å². The second kappa shape index (κ2) is 10.7. The number of nitrogens with zero attached hydrogens (tertiary/aromatic N) is 3. The number of alkyl halides is 3. The molecule has 0 bridgehead atoms. The van der Waals surface area contributed by atoms with Gasteiger partial charge in [-0.1, -0.05) is 6.07 Å². The van der Waals surface area contributed by atoms with Crippen LogP contribution in [0.5, 0.6) is 5.75 Å². The smallest absolute Gasteiger partial charge is 0.416 e. The number of rotatable bonds is 7. The fourth-order valence-electron chi connectivity index (χ4n) is 3.46. The van der Waals surface area contributed by atoms with Crippen LogP contribution in [0, 0.1) is 23.7 Å². The Morgan fingerprint density at radius 1 is 1.22 bits per heavy atom. The number of aromatic nitrogens is 3. The number of aryl methyl sites for hydroxylation is 1. The number of hydrogen-bond donors (Lipinski definition) is 3. The molecule has 2 aromatic heterocycles. The summed E-state index contributed by atoms with van der Waals surface area (Å²) in [6.07, 6.45) is -2.00. The quantitative estimate of drug-likeness (QED) is 0.392. The highest BCUT2D eigenvalue weighted by Gasteiger charge is 2.35. The predicted octanol–water partition coefficient (Wildman–Crippen LogP) is 5.29. The molecule has 0 radical (unpaired) electrons. The summed E-state index contributed by atoms with van der Waals surface area (Å²) >= 11 is 0. The van der Waals surface area contributed by atoms with Gasteiger partial charge in [-0.2, -0.15) is 18.4 Å². The Bertz CT molecular complexity index is 1410. The van der Waals surface area contributed by atoms with Crippen LogP contribution in [-0.4, -0.2) is 27.6 Å². The molecular weight excluding hydrogens is 489 g/mol. The van der Waals surface area contributed by atoms with Gasteiger partial charge in [-0.25, -0.2) is 14.8 Å². The zero-order chi connectivity index (χ0) is 27.4. The van der Waals surface area contributed by atoms with E-state index in [-0.39, 0.29) is 34.9 Å². The number of benzene rings is 1. The van der Waals surface area contributed by atoms with Gasteiger partial charge in [0, 0.05) is 17.4 Å². The summed E-state index contributed by atoms with van der Waals surface area (Å²) in [7, 11) is 0. The van der Waals surface area contributed by atoms with Crippen LogP contribution in [0.2, 0.25) is 0 Å². The summed E-state index contributed by atoms with van der Waals surface area (Å²) in [4.78, 5) is 35.4. The Hall–Kier alpha value is -4.40. The molecule has 0 aliphatic heterocycles. The molecule has 0 saturated carbocycles. The van der Waals surface area contributed by atoms with Crippen molar-refractivity contribution in [2.75, 3.05) is 17.2 Å². The largest absolute Gasteiger partial charge is 0.488 e. The molecule has 2 heterocycles. The highest BCUT2D eigenvalue weighted by Crippen LogP contribution is 2.36. The van der Waals surface area contributed by atoms with Gasteiger partial charge in [0.2, 0.25) is 0 Å². The molecule has 0 spiro atoms. The van der Waals surface area contributed by atoms with E-state index in [1.54, 1.807) is 27.7 Å². The topological polar surface area (TPSA) is 133 Å². The summed E-state index contributed by atoms with van der Waals surface area (Å²) in [5, 5.41) is 14.1. The summed E-state index contributed by atoms with van der Waals surface area (Å²) in [6, 6.07) is 6.13. The molecule has 3 rings (SSSR count). The second-order valence-electron chi connectivity index (χ2n) is 8.83. The zero-order valence-electron chi connectivity index (χ0n) is 20.6. The van der Waals surface area contributed by atoms with Crippen LogP contribution in [-0.2, 0) is 12.6 Å². The van der Waals surface area contributed by atoms with E-state index in [1.807, 2.05) is 6.07 Å². The fourth-order valence-corrected chi connectivity index (χ4v) is 3.46. The lowest BCUT2D eigenvalue weighted by Crippen LogP contribution is -2.22. The molecule has 0 aliphatic rings. The third-order valence-corrected chi connectivity index (χ3v) is 5.26. The molecule has 3 aromatic rings. The van der Waals surface area contributed by atoms with Crippen LogP contribution in [0.25, 0.3) is 11.4 Å². The highest BCUT2D eigenvalue weighted by molar-refractivity contribution is 6.00. The third-order valence-electron chi connectivity index (χ3n) is 5.26. The molecule has 9 nitrogen and oxygen atoms in total. The average molecular weight is 515 g/mol. The first-order valence-corrected chi connectivity index (χ1v) is 11.2. The Labute approximate surface area is 210 Å². The van der Waals surface area contributed by atoms with Gasteiger partial charge in [0.25, 0.3) is 5.56 Å². The fraction of sp³-hybridized carbons (Fsp3) is 0.320. The summed E-state index contributed by atoms with van der Waals surface area (Å²) in [5.41, 5.74) is -1.32. The van der Waals surface area contributed by atoms with Crippen molar-refractivity contribution in [2.45, 2.75) is 40.3 Å². The minimum atomic E-state index is -4.67. The second-order valence-corrected chi connectivity index (χ2v) is 8.83. The zero-order valence-corrected chi connectivity index (χ0v) is 20.6. The van der Waals surface area contributed by atoms with Crippen molar-refractivity contribution >= 4 is 17.4 Å². The predicted molar refractivity (Wildman–Crippen MR) is 131 cm³/mol. The van der Waals surface area contributed by atoms with Gasteiger partial charge in [0.05, 0.1) is 41.2 Å². The number of halogens is 3. The monoisotopic (exact) mass is 514 g/mol. The number of H-pyrrole nitrogens is 1. The van der Waals surface area contributed by atoms with E-state index in [0.717, 1.165) is 6.07 Å². The number of carbonyl (C=O) groups is 1. The van der Waals surface area contributed by atoms with Crippen molar-refractivity contribution in [3.05, 3.63) is 63.8 Å². The van der Waals surface area contributed by atoms with Crippen molar-refractivity contribution in [3.63, 3.8) is 0 Å². The number of nitrogens with one attached hydrogen (secondary N) is 3. The van der Waals surface area contributed by atoms with E-state index < -0.39 is 28.7 Å². The van der Waals surface area contributed by atoms with Crippen LogP contribution < -0.4 is 20.9 Å². The number of urea groups is 1. The number of amides is 2. The van der Waals surface area contributed by atoms with Crippen molar-refractivity contribution in [3.8, 4) is 23.2 Å². The Morgan fingerprint density at radius 2 is 1.95 bits per heavy atom. The van der Waals surface area contributed by atoms with Crippen LogP contribution in [0.15, 0.2) is 41.5 Å². The molecule has 0 atom stereocenters. The van der Waals surface area contributed by atoms with Gasteiger partial charge in [0.1, 0.15) is 0 Å². The maximum absolute atomic E-state index is 13.7. The molecule has 2 amide bonds. The summed E-state index contributed by atoms with van der Waals surface area (Å²) in [6.45, 7) is 6.76. The van der Waals surface area contributed by atoms with Gasteiger partial charge in [0.15, 0.2) is 11.6 Å². The normalized spacial score (nSPS) is 11.5. The van der Waals surface area contributed by atoms with Gasteiger partial charge in [-0.15, -0.1) is 0 Å². The average Bonchev–Trinajstić information content (AvgIpc) is 2.82. The van der Waals surface area contributed by atoms with Crippen molar-refractivity contribution in [2.24, 2.45) is 5.41 Å². The first-order chi connectivity index (χ1) is 17.3. The Balaban J connectivity index is 1.78. The molecule has 194 valence electrons. The highest BCUT2D eigenvalue weighted by atomic mass is 19.4. The lowest BCUT2D eigenvalue weighted by Gasteiger charge is -2.20. The number of ether oxygens (including phenoxy) is 1. The third kappa shape index (κ3) is 6.84. The molecule has 12 heteroatoms. The van der Waals surface area contributed by atoms with Crippen molar-refractivity contribution in [1.29, 1.82) is 5.26 Å². The summed E-state index contributed by atoms with van der Waals surface area (Å²) < 4.78 is 46.3. The SMILES string of the molecule is CCOc1cc(-c2ncc(NC(=O)Nc3ccc(CC(C)(C)C#N)c(C(F)(F)F)c3)c(C)n2)c[nH]c1=O. The van der Waals surface area contributed by atoms with Crippen LogP contribution in [0.1, 0.15) is 37.6 Å². The lowest BCUT2D eigenvalue weighted by molar-refractivity contribution is -0.138. The lowest BCUT2D eigenvalue weighted by atomic mass is 9.85. The molecule has 37 heavy (non-hydrogen) atoms. The number of nitriles is 1. The molecule has 3 N–H and O–H groups in total.